The summed E-state index contributed by atoms with van der Waals surface area (Å²) in [4.78, 5) is 31.3. The summed E-state index contributed by atoms with van der Waals surface area (Å²) in [6, 6.07) is 13.2. The summed E-state index contributed by atoms with van der Waals surface area (Å²) in [7, 11) is 1.55. The molecular formula is C21H22FN3O3S. The Hall–Kier alpha value is -2.71. The second-order valence-electron chi connectivity index (χ2n) is 6.53. The van der Waals surface area contributed by atoms with Crippen molar-refractivity contribution in [1.29, 1.82) is 0 Å². The average molecular weight is 415 g/mol. The molecule has 2 aromatic carbocycles. The van der Waals surface area contributed by atoms with Crippen molar-refractivity contribution in [2.24, 2.45) is 4.99 Å². The van der Waals surface area contributed by atoms with Crippen LogP contribution in [0.5, 0.6) is 0 Å². The number of ether oxygens (including phenoxy) is 1. The van der Waals surface area contributed by atoms with Crippen LogP contribution in [0.1, 0.15) is 12.0 Å². The second-order valence-corrected chi connectivity index (χ2v) is 7.70. The van der Waals surface area contributed by atoms with Crippen LogP contribution >= 0.6 is 11.8 Å². The number of aliphatic imine (C=N–C) groups is 1. The van der Waals surface area contributed by atoms with Crippen LogP contribution in [0.25, 0.3) is 0 Å². The first-order chi connectivity index (χ1) is 14.0. The maximum absolute atomic E-state index is 13.1. The Balaban J connectivity index is 1.74. The highest BCUT2D eigenvalue weighted by molar-refractivity contribution is 8.15. The highest BCUT2D eigenvalue weighted by Gasteiger charge is 2.39. The van der Waals surface area contributed by atoms with Gasteiger partial charge in [0.25, 0.3) is 0 Å². The zero-order valence-corrected chi connectivity index (χ0v) is 17.0. The number of nitrogens with zero attached hydrogens (tertiary/aromatic N) is 2. The molecule has 6 nitrogen and oxygen atoms in total. The van der Waals surface area contributed by atoms with E-state index in [0.717, 1.165) is 11.3 Å². The fraction of sp³-hybridized carbons (Fsp3) is 0.286. The number of halogens is 1. The molecule has 1 N–H and O–H groups in total. The smallest absolute Gasteiger partial charge is 0.242 e. The number of carbonyl (C=O) groups is 2. The molecule has 152 valence electrons. The van der Waals surface area contributed by atoms with Gasteiger partial charge in [-0.2, -0.15) is 0 Å². The monoisotopic (exact) mass is 415 g/mol. The summed E-state index contributed by atoms with van der Waals surface area (Å²) in [6.45, 7) is 2.58. The van der Waals surface area contributed by atoms with Gasteiger partial charge in [0.15, 0.2) is 5.17 Å². The van der Waals surface area contributed by atoms with Gasteiger partial charge in [0.05, 0.1) is 18.8 Å². The predicted octanol–water partition coefficient (Wildman–Crippen LogP) is 3.74. The Morgan fingerprint density at radius 2 is 1.97 bits per heavy atom. The zero-order chi connectivity index (χ0) is 20.8. The Morgan fingerprint density at radius 3 is 2.66 bits per heavy atom. The molecule has 1 fully saturated rings. The molecule has 8 heteroatoms. The van der Waals surface area contributed by atoms with Gasteiger partial charge in [-0.15, -0.1) is 0 Å². The van der Waals surface area contributed by atoms with Gasteiger partial charge in [-0.3, -0.25) is 14.5 Å². The summed E-state index contributed by atoms with van der Waals surface area (Å²) in [6.07, 6.45) is 0.0315. The minimum Gasteiger partial charge on any atom is -0.383 e. The molecular weight excluding hydrogens is 393 g/mol. The first kappa shape index (κ1) is 21.0. The van der Waals surface area contributed by atoms with E-state index < -0.39 is 5.25 Å². The van der Waals surface area contributed by atoms with Crippen molar-refractivity contribution in [3.05, 3.63) is 59.9 Å². The number of thioether (sulfide) groups is 1. The number of anilines is 1. The van der Waals surface area contributed by atoms with Gasteiger partial charge in [-0.1, -0.05) is 30.0 Å². The fourth-order valence-electron chi connectivity index (χ4n) is 2.82. The molecule has 1 aliphatic heterocycles. The molecule has 3 rings (SSSR count). The van der Waals surface area contributed by atoms with E-state index in [1.165, 1.54) is 28.8 Å². The van der Waals surface area contributed by atoms with E-state index in [1.807, 2.05) is 31.2 Å². The number of amides is 2. The highest BCUT2D eigenvalue weighted by Crippen LogP contribution is 2.32. The average Bonchev–Trinajstić information content (AvgIpc) is 2.98. The van der Waals surface area contributed by atoms with Crippen LogP contribution in [-0.2, 0) is 14.3 Å². The van der Waals surface area contributed by atoms with Crippen molar-refractivity contribution in [2.75, 3.05) is 25.6 Å². The fourth-order valence-corrected chi connectivity index (χ4v) is 4.01. The third-order valence-electron chi connectivity index (χ3n) is 4.38. The van der Waals surface area contributed by atoms with Crippen molar-refractivity contribution in [1.82, 2.24) is 4.90 Å². The molecule has 29 heavy (non-hydrogen) atoms. The van der Waals surface area contributed by atoms with Crippen LogP contribution in [0.3, 0.4) is 0 Å². The molecule has 1 atom stereocenters. The topological polar surface area (TPSA) is 71.0 Å². The Labute approximate surface area is 173 Å². The Morgan fingerprint density at radius 1 is 1.24 bits per heavy atom. The first-order valence-electron chi connectivity index (χ1n) is 9.14. The van der Waals surface area contributed by atoms with Crippen LogP contribution in [0.15, 0.2) is 53.5 Å². The number of methoxy groups -OCH3 is 1. The van der Waals surface area contributed by atoms with Gasteiger partial charge in [-0.25, -0.2) is 9.38 Å². The first-order valence-corrected chi connectivity index (χ1v) is 10.0. The quantitative estimate of drug-likeness (QED) is 0.748. The summed E-state index contributed by atoms with van der Waals surface area (Å²) in [5, 5.41) is 2.76. The molecule has 1 saturated heterocycles. The normalized spacial score (nSPS) is 17.8. The lowest BCUT2D eigenvalue weighted by atomic mass is 10.2. The predicted molar refractivity (Wildman–Crippen MR) is 113 cm³/mol. The van der Waals surface area contributed by atoms with E-state index in [-0.39, 0.29) is 24.1 Å². The van der Waals surface area contributed by atoms with E-state index in [1.54, 1.807) is 19.2 Å². The lowest BCUT2D eigenvalue weighted by molar-refractivity contribution is -0.128. The number of carbonyl (C=O) groups excluding carboxylic acids is 2. The maximum atomic E-state index is 13.1. The van der Waals surface area contributed by atoms with Crippen molar-refractivity contribution in [2.45, 2.75) is 18.6 Å². The third kappa shape index (κ3) is 5.42. The number of hydrogen-bond acceptors (Lipinski definition) is 5. The molecule has 0 aliphatic carbocycles. The van der Waals surface area contributed by atoms with Gasteiger partial charge in [0, 0.05) is 19.2 Å². The number of hydrogen-bond donors (Lipinski definition) is 1. The van der Waals surface area contributed by atoms with Crippen LogP contribution in [0.2, 0.25) is 0 Å². The van der Waals surface area contributed by atoms with E-state index in [4.69, 9.17) is 4.74 Å². The Kier molecular flexibility index (Phi) is 7.00. The number of benzene rings is 2. The van der Waals surface area contributed by atoms with Gasteiger partial charge in [0.1, 0.15) is 11.1 Å². The van der Waals surface area contributed by atoms with Crippen LogP contribution in [0, 0.1) is 12.7 Å². The minimum absolute atomic E-state index is 0.0315. The number of rotatable bonds is 7. The molecule has 1 aliphatic rings. The molecule has 0 saturated carbocycles. The van der Waals surface area contributed by atoms with Gasteiger partial charge in [0.2, 0.25) is 11.8 Å². The largest absolute Gasteiger partial charge is 0.383 e. The molecule has 2 amide bonds. The van der Waals surface area contributed by atoms with Gasteiger partial charge < -0.3 is 10.1 Å². The molecule has 0 aromatic heterocycles. The van der Waals surface area contributed by atoms with E-state index in [0.29, 0.717) is 24.0 Å². The molecule has 0 unspecified atom stereocenters. The number of aryl methyl sites for hydroxylation is 1. The number of amidine groups is 1. The molecule has 0 radical (unpaired) electrons. The SMILES string of the molecule is COCCN1C(=O)[C@H](CC(=O)Nc2ccccc2C)SC1=Nc1ccc(F)cc1. The standard InChI is InChI=1S/C21H22FN3O3S/c1-14-5-3-4-6-17(14)24-19(26)13-18-20(27)25(11-12-28-2)21(29-18)23-16-9-7-15(22)8-10-16/h3-10,18H,11-13H2,1-2H3,(H,24,26)/t18-/m0/s1. The summed E-state index contributed by atoms with van der Waals surface area (Å²) in [5.41, 5.74) is 2.21. The van der Waals surface area contributed by atoms with Crippen molar-refractivity contribution in [3.8, 4) is 0 Å². The molecule has 0 bridgehead atoms. The van der Waals surface area contributed by atoms with Crippen molar-refractivity contribution >= 4 is 40.1 Å². The second kappa shape index (κ2) is 9.67. The summed E-state index contributed by atoms with van der Waals surface area (Å²) in [5.74, 6) is -0.779. The molecule has 1 heterocycles. The number of para-hydroxylation sites is 1. The summed E-state index contributed by atoms with van der Waals surface area (Å²) >= 11 is 1.24. The molecule has 0 spiro atoms. The summed E-state index contributed by atoms with van der Waals surface area (Å²) < 4.78 is 18.2. The maximum Gasteiger partial charge on any atom is 0.242 e. The van der Waals surface area contributed by atoms with Crippen molar-refractivity contribution < 1.29 is 18.7 Å². The third-order valence-corrected chi connectivity index (χ3v) is 5.56. The van der Waals surface area contributed by atoms with Crippen molar-refractivity contribution in [3.63, 3.8) is 0 Å². The lowest BCUT2D eigenvalue weighted by Gasteiger charge is -2.15. The van der Waals surface area contributed by atoms with Gasteiger partial charge in [-0.05, 0) is 42.8 Å². The van der Waals surface area contributed by atoms with Crippen LogP contribution in [0.4, 0.5) is 15.8 Å². The molecule has 2 aromatic rings. The van der Waals surface area contributed by atoms with E-state index in [2.05, 4.69) is 10.3 Å². The Bertz CT molecular complexity index is 918. The lowest BCUT2D eigenvalue weighted by Crippen LogP contribution is -2.35. The van der Waals surface area contributed by atoms with Gasteiger partial charge >= 0.3 is 0 Å². The zero-order valence-electron chi connectivity index (χ0n) is 16.2. The van der Waals surface area contributed by atoms with E-state index >= 15 is 0 Å². The van der Waals surface area contributed by atoms with Crippen LogP contribution in [-0.4, -0.2) is 47.4 Å². The number of nitrogens with one attached hydrogen (secondary N) is 1. The van der Waals surface area contributed by atoms with Crippen LogP contribution < -0.4 is 5.32 Å². The minimum atomic E-state index is -0.574. The highest BCUT2D eigenvalue weighted by atomic mass is 32.2. The van der Waals surface area contributed by atoms with E-state index in [9.17, 15) is 14.0 Å².